The predicted octanol–water partition coefficient (Wildman–Crippen LogP) is 1.56. The molecule has 120 valence electrons. The first-order valence-corrected chi connectivity index (χ1v) is 10.0. The predicted molar refractivity (Wildman–Crippen MR) is 88.2 cm³/mol. The van der Waals surface area contributed by atoms with E-state index in [2.05, 4.69) is 33.3 Å². The zero-order valence-corrected chi connectivity index (χ0v) is 15.3. The second kappa shape index (κ2) is 6.79. The molecule has 5 nitrogen and oxygen atoms in total. The third kappa shape index (κ3) is 3.87. The largest absolute Gasteiger partial charge is 0.319 e. The second-order valence-corrected chi connectivity index (χ2v) is 8.89. The number of halogens is 1. The van der Waals surface area contributed by atoms with Crippen molar-refractivity contribution in [2.45, 2.75) is 26.2 Å². The molecular formula is C14H24BrN3O2S. The zero-order chi connectivity index (χ0) is 15.6. The van der Waals surface area contributed by atoms with Gasteiger partial charge in [0.2, 0.25) is 0 Å². The van der Waals surface area contributed by atoms with E-state index in [1.54, 1.807) is 0 Å². The van der Waals surface area contributed by atoms with Gasteiger partial charge in [0.25, 0.3) is 0 Å². The van der Waals surface area contributed by atoms with Crippen LogP contribution in [0, 0.1) is 11.8 Å². The summed E-state index contributed by atoms with van der Waals surface area (Å²) in [6.45, 7) is 2.92. The molecule has 0 aliphatic carbocycles. The number of hydrogen-bond acceptors (Lipinski definition) is 4. The van der Waals surface area contributed by atoms with Crippen LogP contribution >= 0.6 is 15.9 Å². The highest BCUT2D eigenvalue weighted by Crippen LogP contribution is 2.31. The molecule has 1 saturated heterocycles. The number of nitrogens with zero attached hydrogens (tertiary/aromatic N) is 2. The lowest BCUT2D eigenvalue weighted by Crippen LogP contribution is -2.29. The van der Waals surface area contributed by atoms with Crippen molar-refractivity contribution in [2.24, 2.45) is 18.9 Å². The minimum Gasteiger partial charge on any atom is -0.319 e. The molecule has 7 heteroatoms. The Balaban J connectivity index is 2.19. The fourth-order valence-electron chi connectivity index (χ4n) is 3.15. The molecule has 1 aliphatic heterocycles. The molecule has 2 heterocycles. The molecule has 2 unspecified atom stereocenters. The van der Waals surface area contributed by atoms with E-state index in [0.717, 1.165) is 41.7 Å². The lowest BCUT2D eigenvalue weighted by molar-refractivity contribution is 0.345. The Morgan fingerprint density at radius 2 is 2.24 bits per heavy atom. The van der Waals surface area contributed by atoms with Crippen molar-refractivity contribution >= 4 is 25.8 Å². The van der Waals surface area contributed by atoms with Gasteiger partial charge in [0.15, 0.2) is 9.84 Å². The van der Waals surface area contributed by atoms with Crippen molar-refractivity contribution in [3.05, 3.63) is 15.9 Å². The van der Waals surface area contributed by atoms with Crippen molar-refractivity contribution < 1.29 is 8.42 Å². The topological polar surface area (TPSA) is 64.0 Å². The van der Waals surface area contributed by atoms with E-state index in [-0.39, 0.29) is 5.92 Å². The lowest BCUT2D eigenvalue weighted by atomic mass is 9.87. The molecule has 0 saturated carbocycles. The molecule has 1 aromatic rings. The van der Waals surface area contributed by atoms with Crippen molar-refractivity contribution in [1.82, 2.24) is 15.1 Å². The van der Waals surface area contributed by atoms with E-state index >= 15 is 0 Å². The van der Waals surface area contributed by atoms with Crippen molar-refractivity contribution in [1.29, 1.82) is 0 Å². The number of rotatable bonds is 6. The molecule has 1 N–H and O–H groups in total. The van der Waals surface area contributed by atoms with Crippen LogP contribution in [0.1, 0.15) is 24.7 Å². The first-order valence-electron chi connectivity index (χ1n) is 7.43. The maximum absolute atomic E-state index is 11.7. The van der Waals surface area contributed by atoms with Gasteiger partial charge < -0.3 is 5.32 Å². The minimum atomic E-state index is -2.83. The van der Waals surface area contributed by atoms with Gasteiger partial charge in [0.1, 0.15) is 0 Å². The molecule has 21 heavy (non-hydrogen) atoms. The Labute approximate surface area is 135 Å². The van der Waals surface area contributed by atoms with Crippen molar-refractivity contribution in [3.8, 4) is 0 Å². The summed E-state index contributed by atoms with van der Waals surface area (Å²) in [6.07, 6.45) is 2.53. The fraction of sp³-hybridized carbons (Fsp3) is 0.786. The van der Waals surface area contributed by atoms with Gasteiger partial charge in [0, 0.05) is 7.05 Å². The van der Waals surface area contributed by atoms with Gasteiger partial charge in [-0.05, 0) is 60.6 Å². The van der Waals surface area contributed by atoms with E-state index in [1.165, 1.54) is 0 Å². The SMILES string of the molecule is CCc1nn(C)c(CC(CNC)C2CCS(=O)(=O)C2)c1Br. The zero-order valence-electron chi connectivity index (χ0n) is 12.9. The highest BCUT2D eigenvalue weighted by atomic mass is 79.9. The standard InChI is InChI=1S/C14H24BrN3O2S/c1-4-12-14(15)13(18(3)17-12)7-11(8-16-2)10-5-6-21(19,20)9-10/h10-11,16H,4-9H2,1-3H3. The van der Waals surface area contributed by atoms with Crippen LogP contribution < -0.4 is 5.32 Å². The third-order valence-corrected chi connectivity index (χ3v) is 7.07. The van der Waals surface area contributed by atoms with Gasteiger partial charge in [0.05, 0.1) is 27.4 Å². The van der Waals surface area contributed by atoms with Gasteiger partial charge in [-0.1, -0.05) is 6.92 Å². The molecule has 0 radical (unpaired) electrons. The quantitative estimate of drug-likeness (QED) is 0.816. The highest BCUT2D eigenvalue weighted by molar-refractivity contribution is 9.10. The maximum atomic E-state index is 11.7. The van der Waals surface area contributed by atoms with Crippen LogP contribution in [0.3, 0.4) is 0 Å². The average Bonchev–Trinajstić information content (AvgIpc) is 2.91. The molecular weight excluding hydrogens is 354 g/mol. The smallest absolute Gasteiger partial charge is 0.150 e. The van der Waals surface area contributed by atoms with E-state index in [1.807, 2.05) is 18.8 Å². The molecule has 1 aromatic heterocycles. The molecule has 0 aromatic carbocycles. The van der Waals surface area contributed by atoms with Gasteiger partial charge in [-0.25, -0.2) is 8.42 Å². The van der Waals surface area contributed by atoms with Crippen LogP contribution in [0.25, 0.3) is 0 Å². The van der Waals surface area contributed by atoms with E-state index < -0.39 is 9.84 Å². The van der Waals surface area contributed by atoms with E-state index in [0.29, 0.717) is 17.4 Å². The molecule has 0 amide bonds. The van der Waals surface area contributed by atoms with Crippen LogP contribution in [0.4, 0.5) is 0 Å². The summed E-state index contributed by atoms with van der Waals surface area (Å²) in [6, 6.07) is 0. The summed E-state index contributed by atoms with van der Waals surface area (Å²) >= 11 is 3.65. The monoisotopic (exact) mass is 377 g/mol. The molecule has 0 spiro atoms. The van der Waals surface area contributed by atoms with Gasteiger partial charge in [-0.3, -0.25) is 4.68 Å². The van der Waals surface area contributed by atoms with Crippen LogP contribution in [0.5, 0.6) is 0 Å². The molecule has 1 aliphatic rings. The van der Waals surface area contributed by atoms with Gasteiger partial charge in [-0.2, -0.15) is 5.10 Å². The highest BCUT2D eigenvalue weighted by Gasteiger charge is 2.34. The Morgan fingerprint density at radius 1 is 1.52 bits per heavy atom. The van der Waals surface area contributed by atoms with E-state index in [9.17, 15) is 8.42 Å². The number of sulfone groups is 1. The Bertz CT molecular complexity index is 598. The van der Waals surface area contributed by atoms with Gasteiger partial charge >= 0.3 is 0 Å². The second-order valence-electron chi connectivity index (χ2n) is 5.87. The molecule has 1 fully saturated rings. The molecule has 2 atom stereocenters. The Hall–Kier alpha value is -0.400. The summed E-state index contributed by atoms with van der Waals surface area (Å²) in [5.41, 5.74) is 2.23. The summed E-state index contributed by atoms with van der Waals surface area (Å²) in [5.74, 6) is 1.23. The minimum absolute atomic E-state index is 0.245. The number of hydrogen-bond donors (Lipinski definition) is 1. The van der Waals surface area contributed by atoms with E-state index in [4.69, 9.17) is 0 Å². The Morgan fingerprint density at radius 3 is 2.71 bits per heavy atom. The first-order chi connectivity index (χ1) is 9.88. The summed E-state index contributed by atoms with van der Waals surface area (Å²) in [4.78, 5) is 0. The van der Waals surface area contributed by atoms with Crippen LogP contribution in [-0.2, 0) is 29.7 Å². The van der Waals surface area contributed by atoms with Crippen LogP contribution in [0.15, 0.2) is 4.47 Å². The number of aromatic nitrogens is 2. The maximum Gasteiger partial charge on any atom is 0.150 e. The normalized spacial score (nSPS) is 22.6. The number of nitrogens with one attached hydrogen (secondary N) is 1. The summed E-state index contributed by atoms with van der Waals surface area (Å²) in [5, 5.41) is 7.74. The Kier molecular flexibility index (Phi) is 5.48. The fourth-order valence-corrected chi connectivity index (χ4v) is 5.85. The summed E-state index contributed by atoms with van der Waals surface area (Å²) < 4.78 is 26.5. The average molecular weight is 378 g/mol. The van der Waals surface area contributed by atoms with Gasteiger partial charge in [-0.15, -0.1) is 0 Å². The number of aryl methyl sites for hydroxylation is 2. The van der Waals surface area contributed by atoms with Crippen LogP contribution in [0.2, 0.25) is 0 Å². The van der Waals surface area contributed by atoms with Crippen LogP contribution in [-0.4, -0.2) is 43.3 Å². The van der Waals surface area contributed by atoms with Crippen molar-refractivity contribution in [2.75, 3.05) is 25.1 Å². The summed E-state index contributed by atoms with van der Waals surface area (Å²) in [7, 11) is 1.05. The third-order valence-electron chi connectivity index (χ3n) is 4.36. The van der Waals surface area contributed by atoms with Crippen molar-refractivity contribution in [3.63, 3.8) is 0 Å². The molecule has 2 rings (SSSR count). The lowest BCUT2D eigenvalue weighted by Gasteiger charge is -2.22. The first kappa shape index (κ1) is 17.0. The molecule has 0 bridgehead atoms.